The van der Waals surface area contributed by atoms with Gasteiger partial charge in [0.05, 0.1) is 5.41 Å². The molecule has 2 amide bonds. The monoisotopic (exact) mass is 478 g/mol. The van der Waals surface area contributed by atoms with Crippen molar-refractivity contribution in [1.82, 2.24) is 9.80 Å². The summed E-state index contributed by atoms with van der Waals surface area (Å²) in [4.78, 5) is 30.6. The van der Waals surface area contributed by atoms with E-state index in [1.54, 1.807) is 4.90 Å². The Morgan fingerprint density at radius 2 is 1.85 bits per heavy atom. The van der Waals surface area contributed by atoms with Crippen molar-refractivity contribution in [2.75, 3.05) is 32.8 Å². The molecule has 33 heavy (non-hydrogen) atoms. The molecule has 1 aromatic carbocycles. The highest BCUT2D eigenvalue weighted by Gasteiger charge is 2.45. The topological polar surface area (TPSA) is 59.1 Å². The number of carbonyl (C=O) groups is 2. The fourth-order valence-corrected chi connectivity index (χ4v) is 5.04. The highest BCUT2D eigenvalue weighted by molar-refractivity contribution is 6.30. The molecule has 2 aliphatic heterocycles. The van der Waals surface area contributed by atoms with Crippen LogP contribution in [0.25, 0.3) is 0 Å². The first kappa shape index (κ1) is 25.8. The van der Waals surface area contributed by atoms with Crippen LogP contribution in [0.4, 0.5) is 4.79 Å². The number of hydrogen-bond acceptors (Lipinski definition) is 4. The molecular formula is C26H39ClN2O4. The Bertz CT molecular complexity index is 813. The standard InChI is InChI=1S/C26H39ClN2O4/c1-19(2)29(24(31)33-25(3,4)5)18-20-7-6-14-28(17-20)23(30)26(12-15-32-16-13-26)21-8-10-22(27)11-9-21/h8-11,19-20H,6-7,12-18H2,1-5H3. The molecule has 0 aliphatic carbocycles. The SMILES string of the molecule is CC(C)N(CC1CCCN(C(=O)C2(c3ccc(Cl)cc3)CCOCC2)C1)C(=O)OC(C)(C)C. The Labute approximate surface area is 203 Å². The molecule has 0 saturated carbocycles. The number of rotatable bonds is 5. The van der Waals surface area contributed by atoms with Gasteiger partial charge in [-0.25, -0.2) is 4.79 Å². The van der Waals surface area contributed by atoms with E-state index in [1.807, 2.05) is 63.8 Å². The molecule has 0 N–H and O–H groups in total. The van der Waals surface area contributed by atoms with Crippen molar-refractivity contribution in [3.05, 3.63) is 34.9 Å². The Hall–Kier alpha value is -1.79. The van der Waals surface area contributed by atoms with E-state index in [9.17, 15) is 9.59 Å². The summed E-state index contributed by atoms with van der Waals surface area (Å²) in [5, 5.41) is 0.669. The number of likely N-dealkylation sites (tertiary alicyclic amines) is 1. The van der Waals surface area contributed by atoms with E-state index >= 15 is 0 Å². The first-order valence-electron chi connectivity index (χ1n) is 12.1. The van der Waals surface area contributed by atoms with E-state index in [0.29, 0.717) is 44.2 Å². The number of amides is 2. The molecule has 2 aliphatic rings. The largest absolute Gasteiger partial charge is 0.444 e. The van der Waals surface area contributed by atoms with Gasteiger partial charge in [-0.1, -0.05) is 23.7 Å². The van der Waals surface area contributed by atoms with Crippen LogP contribution >= 0.6 is 11.6 Å². The molecule has 0 spiro atoms. The van der Waals surface area contributed by atoms with Crippen molar-refractivity contribution in [3.63, 3.8) is 0 Å². The first-order valence-corrected chi connectivity index (χ1v) is 12.5. The molecule has 6 nitrogen and oxygen atoms in total. The minimum Gasteiger partial charge on any atom is -0.444 e. The van der Waals surface area contributed by atoms with Crippen LogP contribution in [0.3, 0.4) is 0 Å². The van der Waals surface area contributed by atoms with Crippen LogP contribution in [0.1, 0.15) is 65.9 Å². The van der Waals surface area contributed by atoms with Crippen molar-refractivity contribution >= 4 is 23.6 Å². The fourth-order valence-electron chi connectivity index (χ4n) is 4.91. The first-order chi connectivity index (χ1) is 15.5. The molecule has 0 aromatic heterocycles. The Morgan fingerprint density at radius 3 is 2.42 bits per heavy atom. The number of benzene rings is 1. The minimum absolute atomic E-state index is 0.0295. The van der Waals surface area contributed by atoms with Gasteiger partial charge in [-0.05, 0) is 83.9 Å². The molecule has 2 saturated heterocycles. The number of piperidine rings is 1. The molecular weight excluding hydrogens is 440 g/mol. The Kier molecular flexibility index (Phi) is 8.33. The van der Waals surface area contributed by atoms with Gasteiger partial charge in [0.1, 0.15) is 5.60 Å². The van der Waals surface area contributed by atoms with Gasteiger partial charge in [0.2, 0.25) is 5.91 Å². The van der Waals surface area contributed by atoms with Gasteiger partial charge in [0.15, 0.2) is 0 Å². The summed E-state index contributed by atoms with van der Waals surface area (Å²) in [6.07, 6.45) is 2.98. The van der Waals surface area contributed by atoms with E-state index in [2.05, 4.69) is 0 Å². The zero-order valence-electron chi connectivity index (χ0n) is 20.7. The predicted octanol–water partition coefficient (Wildman–Crippen LogP) is 5.27. The zero-order chi connectivity index (χ0) is 24.2. The van der Waals surface area contributed by atoms with Crippen LogP contribution < -0.4 is 0 Å². The molecule has 1 unspecified atom stereocenters. The molecule has 1 atom stereocenters. The average Bonchev–Trinajstić information content (AvgIpc) is 2.76. The molecule has 0 bridgehead atoms. The maximum atomic E-state index is 14.0. The van der Waals surface area contributed by atoms with E-state index < -0.39 is 11.0 Å². The molecule has 3 rings (SSSR count). The molecule has 2 heterocycles. The van der Waals surface area contributed by atoms with Gasteiger partial charge in [0, 0.05) is 43.9 Å². The van der Waals surface area contributed by atoms with E-state index in [1.165, 1.54) is 0 Å². The maximum Gasteiger partial charge on any atom is 0.410 e. The number of carbonyl (C=O) groups excluding carboxylic acids is 2. The van der Waals surface area contributed by atoms with Crippen LogP contribution in [0.2, 0.25) is 5.02 Å². The summed E-state index contributed by atoms with van der Waals surface area (Å²) < 4.78 is 11.3. The quantitative estimate of drug-likeness (QED) is 0.578. The summed E-state index contributed by atoms with van der Waals surface area (Å²) >= 11 is 6.12. The van der Waals surface area contributed by atoms with Crippen LogP contribution in [-0.4, -0.2) is 66.3 Å². The normalized spacial score (nSPS) is 21.1. The highest BCUT2D eigenvalue weighted by Crippen LogP contribution is 2.38. The molecule has 2 fully saturated rings. The maximum absolute atomic E-state index is 14.0. The van der Waals surface area contributed by atoms with Crippen molar-refractivity contribution in [2.24, 2.45) is 5.92 Å². The molecule has 184 valence electrons. The number of halogens is 1. The fraction of sp³-hybridized carbons (Fsp3) is 0.692. The third-order valence-electron chi connectivity index (χ3n) is 6.66. The van der Waals surface area contributed by atoms with Crippen molar-refractivity contribution in [1.29, 1.82) is 0 Å². The van der Waals surface area contributed by atoms with Crippen LogP contribution in [0, 0.1) is 5.92 Å². The van der Waals surface area contributed by atoms with Gasteiger partial charge in [-0.2, -0.15) is 0 Å². The van der Waals surface area contributed by atoms with E-state index in [-0.39, 0.29) is 24.0 Å². The summed E-state index contributed by atoms with van der Waals surface area (Å²) in [6, 6.07) is 7.72. The lowest BCUT2D eigenvalue weighted by Gasteiger charge is -2.43. The third-order valence-corrected chi connectivity index (χ3v) is 6.92. The lowest BCUT2D eigenvalue weighted by Crippen LogP contribution is -2.54. The van der Waals surface area contributed by atoms with Gasteiger partial charge in [-0.3, -0.25) is 4.79 Å². The van der Waals surface area contributed by atoms with Gasteiger partial charge in [-0.15, -0.1) is 0 Å². The number of hydrogen-bond donors (Lipinski definition) is 0. The number of nitrogens with zero attached hydrogens (tertiary/aromatic N) is 2. The summed E-state index contributed by atoms with van der Waals surface area (Å²) in [5.41, 5.74) is -0.0969. The van der Waals surface area contributed by atoms with Crippen molar-refractivity contribution in [2.45, 2.75) is 77.4 Å². The second-order valence-electron chi connectivity index (χ2n) is 10.7. The smallest absolute Gasteiger partial charge is 0.410 e. The Balaban J connectivity index is 1.75. The summed E-state index contributed by atoms with van der Waals surface area (Å²) in [6.45, 7) is 12.8. The zero-order valence-corrected chi connectivity index (χ0v) is 21.5. The van der Waals surface area contributed by atoms with E-state index in [0.717, 1.165) is 24.9 Å². The van der Waals surface area contributed by atoms with Gasteiger partial charge >= 0.3 is 6.09 Å². The summed E-state index contributed by atoms with van der Waals surface area (Å²) in [5.74, 6) is 0.394. The third kappa shape index (κ3) is 6.42. The van der Waals surface area contributed by atoms with Crippen molar-refractivity contribution < 1.29 is 19.1 Å². The average molecular weight is 479 g/mol. The van der Waals surface area contributed by atoms with Crippen LogP contribution in [0.5, 0.6) is 0 Å². The van der Waals surface area contributed by atoms with E-state index in [4.69, 9.17) is 21.1 Å². The Morgan fingerprint density at radius 1 is 1.21 bits per heavy atom. The molecule has 7 heteroatoms. The second kappa shape index (κ2) is 10.6. The van der Waals surface area contributed by atoms with Gasteiger partial charge < -0.3 is 19.3 Å². The lowest BCUT2D eigenvalue weighted by atomic mass is 9.72. The minimum atomic E-state index is -0.576. The van der Waals surface area contributed by atoms with Crippen LogP contribution in [-0.2, 0) is 19.7 Å². The predicted molar refractivity (Wildman–Crippen MR) is 131 cm³/mol. The van der Waals surface area contributed by atoms with Crippen LogP contribution in [0.15, 0.2) is 24.3 Å². The second-order valence-corrected chi connectivity index (χ2v) is 11.1. The number of ether oxygens (including phenoxy) is 2. The van der Waals surface area contributed by atoms with Gasteiger partial charge in [0.25, 0.3) is 0 Å². The highest BCUT2D eigenvalue weighted by atomic mass is 35.5. The molecule has 1 aromatic rings. The lowest BCUT2D eigenvalue weighted by molar-refractivity contribution is -0.143. The van der Waals surface area contributed by atoms with Crippen molar-refractivity contribution in [3.8, 4) is 0 Å². The molecule has 0 radical (unpaired) electrons. The summed E-state index contributed by atoms with van der Waals surface area (Å²) in [7, 11) is 0.